The van der Waals surface area contributed by atoms with Gasteiger partial charge in [-0.1, -0.05) is 36.4 Å². The lowest BCUT2D eigenvalue weighted by Gasteiger charge is -2.06. The summed E-state index contributed by atoms with van der Waals surface area (Å²) in [4.78, 5) is 18.9. The largest absolute Gasteiger partial charge is 0.291 e. The van der Waals surface area contributed by atoms with Crippen molar-refractivity contribution in [2.75, 3.05) is 5.43 Å². The molecule has 2 aromatic heterocycles. The highest BCUT2D eigenvalue weighted by atomic mass is 16.1. The Kier molecular flexibility index (Phi) is 3.39. The molecule has 0 atom stereocenters. The van der Waals surface area contributed by atoms with Crippen molar-refractivity contribution in [1.82, 2.24) is 20.2 Å². The van der Waals surface area contributed by atoms with Crippen molar-refractivity contribution in [1.29, 1.82) is 0 Å². The molecule has 0 saturated heterocycles. The Balaban J connectivity index is 1.43. The second kappa shape index (κ2) is 5.91. The Morgan fingerprint density at radius 3 is 2.93 bits per heavy atom. The van der Waals surface area contributed by atoms with E-state index in [1.54, 1.807) is 0 Å². The van der Waals surface area contributed by atoms with Crippen LogP contribution < -0.4 is 11.0 Å². The van der Waals surface area contributed by atoms with Crippen LogP contribution in [-0.4, -0.2) is 25.9 Å². The quantitative estimate of drug-likeness (QED) is 0.342. The summed E-state index contributed by atoms with van der Waals surface area (Å²) in [5, 5.41) is 11.3. The topological polar surface area (TPSA) is 98.8 Å². The summed E-state index contributed by atoms with van der Waals surface area (Å²) < 4.78 is 0. The summed E-state index contributed by atoms with van der Waals surface area (Å²) in [6, 6.07) is 14.9. The third-order valence-corrected chi connectivity index (χ3v) is 4.86. The lowest BCUT2D eigenvalue weighted by molar-refractivity contribution is 1.07. The molecule has 3 N–H and O–H groups in total. The van der Waals surface area contributed by atoms with E-state index in [0.717, 1.165) is 17.7 Å². The molecule has 1 aliphatic rings. The SMILES string of the molecule is C/C(=N\Nc1nc2[nH]ncc2c(=O)[nH]1)c1ccc2c(c1)Cc1ccccc1-2. The molecule has 0 saturated carbocycles. The van der Waals surface area contributed by atoms with Crippen LogP contribution in [0.1, 0.15) is 23.6 Å². The average molecular weight is 356 g/mol. The molecular weight excluding hydrogens is 340 g/mol. The van der Waals surface area contributed by atoms with Gasteiger partial charge >= 0.3 is 0 Å². The van der Waals surface area contributed by atoms with Crippen LogP contribution in [0.3, 0.4) is 0 Å². The van der Waals surface area contributed by atoms with Crippen molar-refractivity contribution in [3.05, 3.63) is 75.7 Å². The van der Waals surface area contributed by atoms with Gasteiger partial charge in [-0.15, -0.1) is 0 Å². The van der Waals surface area contributed by atoms with E-state index in [9.17, 15) is 4.79 Å². The smallest absolute Gasteiger partial charge is 0.263 e. The fraction of sp³-hybridized carbons (Fsp3) is 0.100. The maximum Gasteiger partial charge on any atom is 0.263 e. The molecule has 132 valence electrons. The van der Waals surface area contributed by atoms with Crippen LogP contribution in [-0.2, 0) is 6.42 Å². The standard InChI is InChI=1S/C20H16N6O/c1-11(24-26-20-22-18-17(10-21-25-18)19(27)23-20)12-6-7-16-14(8-12)9-13-4-2-3-5-15(13)16/h2-8,10H,9H2,1H3,(H3,21,22,23,25,26,27)/b24-11+. The number of hydrogen-bond acceptors (Lipinski definition) is 5. The van der Waals surface area contributed by atoms with Crippen LogP contribution in [0.5, 0.6) is 0 Å². The van der Waals surface area contributed by atoms with E-state index in [0.29, 0.717) is 11.0 Å². The van der Waals surface area contributed by atoms with Crippen LogP contribution >= 0.6 is 0 Å². The van der Waals surface area contributed by atoms with Gasteiger partial charge in [-0.3, -0.25) is 14.9 Å². The van der Waals surface area contributed by atoms with Gasteiger partial charge < -0.3 is 0 Å². The van der Waals surface area contributed by atoms with E-state index in [1.165, 1.54) is 28.5 Å². The molecule has 1 aliphatic carbocycles. The van der Waals surface area contributed by atoms with Crippen molar-refractivity contribution >= 4 is 22.7 Å². The van der Waals surface area contributed by atoms with Gasteiger partial charge in [-0.2, -0.15) is 15.2 Å². The molecule has 0 aliphatic heterocycles. The highest BCUT2D eigenvalue weighted by Crippen LogP contribution is 2.36. The maximum atomic E-state index is 12.0. The molecule has 0 fully saturated rings. The van der Waals surface area contributed by atoms with E-state index in [1.807, 2.05) is 6.92 Å². The average Bonchev–Trinajstić information content (AvgIpc) is 3.30. The van der Waals surface area contributed by atoms with Gasteiger partial charge in [0, 0.05) is 0 Å². The van der Waals surface area contributed by atoms with Gasteiger partial charge in [-0.05, 0) is 47.2 Å². The van der Waals surface area contributed by atoms with Crippen molar-refractivity contribution in [3.63, 3.8) is 0 Å². The zero-order chi connectivity index (χ0) is 18.4. The number of anilines is 1. The molecule has 2 aromatic carbocycles. The molecule has 27 heavy (non-hydrogen) atoms. The van der Waals surface area contributed by atoms with Gasteiger partial charge in [0.25, 0.3) is 5.56 Å². The number of aromatic nitrogens is 4. The first-order valence-electron chi connectivity index (χ1n) is 8.64. The first kappa shape index (κ1) is 15.5. The minimum atomic E-state index is -0.264. The first-order valence-corrected chi connectivity index (χ1v) is 8.64. The molecule has 0 radical (unpaired) electrons. The lowest BCUT2D eigenvalue weighted by atomic mass is 10.0. The van der Waals surface area contributed by atoms with E-state index < -0.39 is 0 Å². The van der Waals surface area contributed by atoms with Gasteiger partial charge in [0.2, 0.25) is 5.95 Å². The van der Waals surface area contributed by atoms with Gasteiger partial charge in [0.15, 0.2) is 5.65 Å². The molecule has 0 bridgehead atoms. The predicted molar refractivity (Wildman–Crippen MR) is 105 cm³/mol. The monoisotopic (exact) mass is 356 g/mol. The van der Waals surface area contributed by atoms with Crippen LogP contribution in [0.2, 0.25) is 0 Å². The Hall–Kier alpha value is -3.74. The number of nitrogens with zero attached hydrogens (tertiary/aromatic N) is 3. The summed E-state index contributed by atoms with van der Waals surface area (Å²) in [7, 11) is 0. The third-order valence-electron chi connectivity index (χ3n) is 4.86. The van der Waals surface area contributed by atoms with E-state index in [4.69, 9.17) is 0 Å². The molecular formula is C20H16N6O. The van der Waals surface area contributed by atoms with Crippen molar-refractivity contribution in [3.8, 4) is 11.1 Å². The van der Waals surface area contributed by atoms with Crippen molar-refractivity contribution in [2.45, 2.75) is 13.3 Å². The zero-order valence-electron chi connectivity index (χ0n) is 14.6. The third kappa shape index (κ3) is 2.60. The second-order valence-corrected chi connectivity index (χ2v) is 6.56. The Morgan fingerprint density at radius 2 is 2.00 bits per heavy atom. The summed E-state index contributed by atoms with van der Waals surface area (Å²) in [5.41, 5.74) is 10.1. The molecule has 4 aromatic rings. The van der Waals surface area contributed by atoms with Crippen molar-refractivity contribution < 1.29 is 0 Å². The second-order valence-electron chi connectivity index (χ2n) is 6.56. The van der Waals surface area contributed by atoms with Gasteiger partial charge in [0.1, 0.15) is 5.39 Å². The number of nitrogens with one attached hydrogen (secondary N) is 3. The van der Waals surface area contributed by atoms with E-state index in [-0.39, 0.29) is 11.5 Å². The minimum Gasteiger partial charge on any atom is -0.291 e. The molecule has 7 nitrogen and oxygen atoms in total. The van der Waals surface area contributed by atoms with Crippen LogP contribution in [0.25, 0.3) is 22.2 Å². The Bertz CT molecular complexity index is 1270. The number of rotatable bonds is 3. The fourth-order valence-corrected chi connectivity index (χ4v) is 3.47. The van der Waals surface area contributed by atoms with Gasteiger partial charge in [0.05, 0.1) is 11.9 Å². The first-order chi connectivity index (χ1) is 13.2. The highest BCUT2D eigenvalue weighted by molar-refractivity contribution is 6.00. The predicted octanol–water partition coefficient (Wildman–Crippen LogP) is 3.05. The minimum absolute atomic E-state index is 0.264. The molecule has 0 amide bonds. The zero-order valence-corrected chi connectivity index (χ0v) is 14.6. The fourth-order valence-electron chi connectivity index (χ4n) is 3.47. The Morgan fingerprint density at radius 1 is 1.15 bits per heavy atom. The van der Waals surface area contributed by atoms with Crippen LogP contribution in [0, 0.1) is 0 Å². The number of fused-ring (bicyclic) bond motifs is 4. The van der Waals surface area contributed by atoms with Crippen LogP contribution in [0.4, 0.5) is 5.95 Å². The van der Waals surface area contributed by atoms with E-state index >= 15 is 0 Å². The summed E-state index contributed by atoms with van der Waals surface area (Å²) in [6.45, 7) is 1.92. The van der Waals surface area contributed by atoms with E-state index in [2.05, 4.69) is 73.2 Å². The lowest BCUT2D eigenvalue weighted by Crippen LogP contribution is -2.11. The van der Waals surface area contributed by atoms with Crippen molar-refractivity contribution in [2.24, 2.45) is 5.10 Å². The number of hydrazone groups is 1. The summed E-state index contributed by atoms with van der Waals surface area (Å²) >= 11 is 0. The number of aromatic amines is 2. The molecule has 5 rings (SSSR count). The van der Waals surface area contributed by atoms with Gasteiger partial charge in [-0.25, -0.2) is 5.43 Å². The molecule has 2 heterocycles. The number of hydrogen-bond donors (Lipinski definition) is 3. The normalized spacial score (nSPS) is 12.9. The maximum absolute atomic E-state index is 12.0. The summed E-state index contributed by atoms with van der Waals surface area (Å²) in [5.74, 6) is 0.268. The number of H-pyrrole nitrogens is 2. The van der Waals surface area contributed by atoms with Crippen LogP contribution in [0.15, 0.2) is 58.6 Å². The Labute approximate surface area is 154 Å². The highest BCUT2D eigenvalue weighted by Gasteiger charge is 2.18. The summed E-state index contributed by atoms with van der Waals surface area (Å²) in [6.07, 6.45) is 2.38. The number of benzene rings is 2. The molecule has 7 heteroatoms. The molecule has 0 spiro atoms. The molecule has 0 unspecified atom stereocenters.